The van der Waals surface area contributed by atoms with Crippen LogP contribution in [0.4, 0.5) is 0 Å². The minimum absolute atomic E-state index is 0.0854. The largest absolute Gasteiger partial charge is 0.293 e. The van der Waals surface area contributed by atoms with Gasteiger partial charge in [0.2, 0.25) is 0 Å². The number of nitrogens with zero attached hydrogens (tertiary/aromatic N) is 4. The van der Waals surface area contributed by atoms with Crippen molar-refractivity contribution in [1.29, 1.82) is 0 Å². The third-order valence-electron chi connectivity index (χ3n) is 1.73. The molecule has 0 fully saturated rings. The minimum atomic E-state index is -0.0854. The quantitative estimate of drug-likeness (QED) is 0.193. The maximum Gasteiger partial charge on any atom is 0.178 e. The highest BCUT2D eigenvalue weighted by Gasteiger charge is 1.99. The van der Waals surface area contributed by atoms with Crippen LogP contribution in [0.2, 0.25) is 0 Å². The van der Waals surface area contributed by atoms with Crippen LogP contribution in [0.15, 0.2) is 23.3 Å². The average molecular weight is 214 g/mol. The van der Waals surface area contributed by atoms with Gasteiger partial charge in [-0.1, -0.05) is 17.1 Å². The molecule has 0 N–H and O–H groups in total. The van der Waals surface area contributed by atoms with E-state index in [0.717, 1.165) is 0 Å². The fourth-order valence-electron chi connectivity index (χ4n) is 1.00. The van der Waals surface area contributed by atoms with Gasteiger partial charge in [-0.2, -0.15) is 0 Å². The smallest absolute Gasteiger partial charge is 0.178 e. The van der Waals surface area contributed by atoms with Crippen LogP contribution in [0, 0.1) is 11.8 Å². The molecule has 1 heterocycles. The number of Topliss-reactive ketones (excluding diaryl/α,β-unsaturated/α-hetero) is 1. The number of pyridine rings is 1. The van der Waals surface area contributed by atoms with E-state index in [1.54, 1.807) is 18.2 Å². The molecule has 0 saturated carbocycles. The van der Waals surface area contributed by atoms with Crippen LogP contribution in [0.25, 0.3) is 10.4 Å². The summed E-state index contributed by atoms with van der Waals surface area (Å²) < 4.78 is 0. The van der Waals surface area contributed by atoms with E-state index in [-0.39, 0.29) is 5.78 Å². The predicted molar refractivity (Wildman–Crippen MR) is 59.7 cm³/mol. The van der Waals surface area contributed by atoms with Gasteiger partial charge in [0.15, 0.2) is 5.78 Å². The van der Waals surface area contributed by atoms with E-state index in [1.807, 2.05) is 0 Å². The van der Waals surface area contributed by atoms with Gasteiger partial charge in [-0.25, -0.2) is 4.98 Å². The average Bonchev–Trinajstić information content (AvgIpc) is 2.29. The second-order valence-electron chi connectivity index (χ2n) is 2.97. The third kappa shape index (κ3) is 3.82. The lowest BCUT2D eigenvalue weighted by Gasteiger charge is -1.94. The van der Waals surface area contributed by atoms with E-state index in [0.29, 0.717) is 24.4 Å². The van der Waals surface area contributed by atoms with Gasteiger partial charge in [-0.15, -0.1) is 0 Å². The van der Waals surface area contributed by atoms with Crippen LogP contribution >= 0.6 is 0 Å². The fraction of sp³-hybridized carbons (Fsp3) is 0.273. The topological polar surface area (TPSA) is 78.7 Å². The molecule has 80 valence electrons. The Bertz CT molecular complexity index is 492. The van der Waals surface area contributed by atoms with Crippen LogP contribution in [0.1, 0.15) is 29.5 Å². The van der Waals surface area contributed by atoms with Gasteiger partial charge in [0, 0.05) is 24.8 Å². The van der Waals surface area contributed by atoms with Crippen molar-refractivity contribution in [3.8, 4) is 11.8 Å². The number of hydrogen-bond acceptors (Lipinski definition) is 3. The van der Waals surface area contributed by atoms with Gasteiger partial charge in [-0.05, 0) is 23.6 Å². The molecule has 0 atom stereocenters. The van der Waals surface area contributed by atoms with Crippen molar-refractivity contribution < 1.29 is 4.79 Å². The molecule has 0 aliphatic heterocycles. The number of azide groups is 1. The lowest BCUT2D eigenvalue weighted by Crippen LogP contribution is -1.97. The molecule has 0 aromatic carbocycles. The number of carbonyl (C=O) groups is 1. The van der Waals surface area contributed by atoms with E-state index in [1.165, 1.54) is 6.92 Å². The first-order valence-electron chi connectivity index (χ1n) is 4.72. The highest BCUT2D eigenvalue weighted by atomic mass is 16.1. The van der Waals surface area contributed by atoms with Crippen LogP contribution in [-0.4, -0.2) is 17.3 Å². The van der Waals surface area contributed by atoms with E-state index in [2.05, 4.69) is 26.9 Å². The Morgan fingerprint density at radius 3 is 3.12 bits per heavy atom. The van der Waals surface area contributed by atoms with Crippen molar-refractivity contribution in [1.82, 2.24) is 4.98 Å². The Morgan fingerprint density at radius 2 is 2.44 bits per heavy atom. The second kappa shape index (κ2) is 6.23. The fourth-order valence-corrected chi connectivity index (χ4v) is 1.00. The van der Waals surface area contributed by atoms with Gasteiger partial charge in [0.1, 0.15) is 11.4 Å². The summed E-state index contributed by atoms with van der Waals surface area (Å²) in [5, 5.41) is 3.35. The zero-order valence-electron chi connectivity index (χ0n) is 8.84. The number of carbonyl (C=O) groups excluding carboxylic acids is 1. The summed E-state index contributed by atoms with van der Waals surface area (Å²) in [5.41, 5.74) is 8.99. The van der Waals surface area contributed by atoms with Gasteiger partial charge in [0.25, 0.3) is 0 Å². The Labute approximate surface area is 93.1 Å². The zero-order valence-corrected chi connectivity index (χ0v) is 8.84. The molecular formula is C11H10N4O. The van der Waals surface area contributed by atoms with Crippen molar-refractivity contribution in [2.45, 2.75) is 13.3 Å². The van der Waals surface area contributed by atoms with Crippen molar-refractivity contribution in [2.75, 3.05) is 6.54 Å². The molecule has 0 amide bonds. The first kappa shape index (κ1) is 11.8. The second-order valence-corrected chi connectivity index (χ2v) is 2.97. The highest BCUT2D eigenvalue weighted by Crippen LogP contribution is 1.99. The number of rotatable bonds is 3. The van der Waals surface area contributed by atoms with Crippen molar-refractivity contribution in [3.05, 3.63) is 40.0 Å². The molecule has 1 rings (SSSR count). The summed E-state index contributed by atoms with van der Waals surface area (Å²) in [5.74, 6) is 5.53. The Hall–Kier alpha value is -2.31. The molecule has 0 aliphatic rings. The van der Waals surface area contributed by atoms with Gasteiger partial charge < -0.3 is 0 Å². The molecule has 0 radical (unpaired) electrons. The third-order valence-corrected chi connectivity index (χ3v) is 1.73. The molecule has 0 spiro atoms. The van der Waals surface area contributed by atoms with Crippen molar-refractivity contribution >= 4 is 5.78 Å². The molecule has 0 aliphatic carbocycles. The number of aromatic nitrogens is 1. The van der Waals surface area contributed by atoms with Crippen molar-refractivity contribution in [2.24, 2.45) is 5.11 Å². The van der Waals surface area contributed by atoms with Crippen LogP contribution in [0.3, 0.4) is 0 Å². The molecule has 1 aromatic heterocycles. The Balaban J connectivity index is 2.69. The predicted octanol–water partition coefficient (Wildman–Crippen LogP) is 2.34. The highest BCUT2D eigenvalue weighted by molar-refractivity contribution is 5.92. The van der Waals surface area contributed by atoms with Crippen molar-refractivity contribution in [3.63, 3.8) is 0 Å². The van der Waals surface area contributed by atoms with E-state index >= 15 is 0 Å². The Kier molecular flexibility index (Phi) is 4.58. The molecule has 0 saturated heterocycles. The molecular weight excluding hydrogens is 204 g/mol. The molecule has 5 heteroatoms. The normalized spacial score (nSPS) is 8.56. The van der Waals surface area contributed by atoms with E-state index in [4.69, 9.17) is 5.53 Å². The summed E-state index contributed by atoms with van der Waals surface area (Å²) >= 11 is 0. The number of hydrogen-bond donors (Lipinski definition) is 0. The zero-order chi connectivity index (χ0) is 11.8. The van der Waals surface area contributed by atoms with Gasteiger partial charge in [0.05, 0.1) is 0 Å². The number of ketones is 1. The van der Waals surface area contributed by atoms with Gasteiger partial charge in [-0.3, -0.25) is 4.79 Å². The molecule has 1 aromatic rings. The summed E-state index contributed by atoms with van der Waals surface area (Å²) in [6.45, 7) is 1.80. The van der Waals surface area contributed by atoms with Gasteiger partial charge >= 0.3 is 0 Å². The summed E-state index contributed by atoms with van der Waals surface area (Å²) in [6, 6.07) is 5.11. The lowest BCUT2D eigenvalue weighted by molar-refractivity contribution is 0.101. The SMILES string of the molecule is CC(=O)c1cccc(C#CCCN=[N+]=[N-])n1. The molecule has 5 nitrogen and oxygen atoms in total. The first-order valence-corrected chi connectivity index (χ1v) is 4.72. The summed E-state index contributed by atoms with van der Waals surface area (Å²) in [7, 11) is 0. The maximum atomic E-state index is 11.0. The Morgan fingerprint density at radius 1 is 1.62 bits per heavy atom. The van der Waals surface area contributed by atoms with E-state index < -0.39 is 0 Å². The standard InChI is InChI=1S/C11H10N4O/c1-9(16)11-7-4-6-10(14-11)5-2-3-8-13-15-12/h4,6-7H,3,8H2,1H3. The van der Waals surface area contributed by atoms with E-state index in [9.17, 15) is 4.79 Å². The first-order chi connectivity index (χ1) is 7.74. The molecule has 0 unspecified atom stereocenters. The van der Waals surface area contributed by atoms with Crippen LogP contribution in [-0.2, 0) is 0 Å². The molecule has 16 heavy (non-hydrogen) atoms. The van der Waals surface area contributed by atoms with Crippen LogP contribution < -0.4 is 0 Å². The molecule has 0 bridgehead atoms. The maximum absolute atomic E-state index is 11.0. The monoisotopic (exact) mass is 214 g/mol. The minimum Gasteiger partial charge on any atom is -0.293 e. The van der Waals surface area contributed by atoms with Crippen LogP contribution in [0.5, 0.6) is 0 Å². The summed E-state index contributed by atoms with van der Waals surface area (Å²) in [4.78, 5) is 17.7. The lowest BCUT2D eigenvalue weighted by atomic mass is 10.2. The summed E-state index contributed by atoms with van der Waals surface area (Å²) in [6.07, 6.45) is 0.482.